The van der Waals surface area contributed by atoms with Crippen LogP contribution < -0.4 is 0 Å². The molecule has 0 amide bonds. The highest BCUT2D eigenvalue weighted by atomic mass is 79.9. The van der Waals surface area contributed by atoms with Gasteiger partial charge in [0.25, 0.3) is 0 Å². The Morgan fingerprint density at radius 3 is 1.94 bits per heavy atom. The third-order valence-electron chi connectivity index (χ3n) is 2.63. The summed E-state index contributed by atoms with van der Waals surface area (Å²) in [4.78, 5) is 8.56. The van der Waals surface area contributed by atoms with Gasteiger partial charge >= 0.3 is 0 Å². The second-order valence-electron chi connectivity index (χ2n) is 5.05. The van der Waals surface area contributed by atoms with E-state index >= 15 is 0 Å². The smallest absolute Gasteiger partial charge is 0.159 e. The molecule has 0 aliphatic heterocycles. The van der Waals surface area contributed by atoms with E-state index in [1.807, 2.05) is 0 Å². The van der Waals surface area contributed by atoms with Crippen LogP contribution in [-0.2, 0) is 5.41 Å². The lowest BCUT2D eigenvalue weighted by Crippen LogP contribution is -2.10. The van der Waals surface area contributed by atoms with Crippen LogP contribution in [0.2, 0.25) is 0 Å². The van der Waals surface area contributed by atoms with E-state index in [1.165, 1.54) is 5.56 Å². The molecule has 0 bridgehead atoms. The van der Waals surface area contributed by atoms with E-state index in [0.29, 0.717) is 0 Å². The van der Waals surface area contributed by atoms with Gasteiger partial charge in [-0.25, -0.2) is 9.97 Å². The minimum absolute atomic E-state index is 0.180. The van der Waals surface area contributed by atoms with E-state index in [9.17, 15) is 0 Å². The van der Waals surface area contributed by atoms with E-state index in [4.69, 9.17) is 0 Å². The molecule has 0 saturated heterocycles. The molecular weight excluding hydrogens is 276 g/mol. The number of benzene rings is 1. The molecule has 0 atom stereocenters. The Kier molecular flexibility index (Phi) is 3.29. The third kappa shape index (κ3) is 2.91. The van der Waals surface area contributed by atoms with Crippen molar-refractivity contribution < 1.29 is 0 Å². The normalized spacial score (nSPS) is 11.5. The maximum Gasteiger partial charge on any atom is 0.159 e. The molecular formula is C14H15BrN2. The largest absolute Gasteiger partial charge is 0.235 e. The van der Waals surface area contributed by atoms with Gasteiger partial charge in [-0.15, -0.1) is 0 Å². The van der Waals surface area contributed by atoms with Crippen molar-refractivity contribution in [3.63, 3.8) is 0 Å². The minimum Gasteiger partial charge on any atom is -0.235 e. The lowest BCUT2D eigenvalue weighted by atomic mass is 9.87. The van der Waals surface area contributed by atoms with E-state index < -0.39 is 0 Å². The van der Waals surface area contributed by atoms with Crippen molar-refractivity contribution in [2.75, 3.05) is 0 Å². The first-order valence-electron chi connectivity index (χ1n) is 5.55. The van der Waals surface area contributed by atoms with Crippen molar-refractivity contribution in [1.29, 1.82) is 0 Å². The summed E-state index contributed by atoms with van der Waals surface area (Å²) in [6.45, 7) is 6.62. The van der Waals surface area contributed by atoms with Gasteiger partial charge in [-0.05, 0) is 26.9 Å². The highest BCUT2D eigenvalue weighted by molar-refractivity contribution is 9.10. The molecule has 0 saturated carbocycles. The average molecular weight is 291 g/mol. The van der Waals surface area contributed by atoms with Gasteiger partial charge in [0.15, 0.2) is 5.82 Å². The van der Waals surface area contributed by atoms with Gasteiger partial charge in [-0.2, -0.15) is 0 Å². The van der Waals surface area contributed by atoms with Gasteiger partial charge in [-0.3, -0.25) is 0 Å². The number of hydrogen-bond donors (Lipinski definition) is 0. The van der Waals surface area contributed by atoms with Crippen LogP contribution >= 0.6 is 15.9 Å². The molecule has 2 nitrogen and oxygen atoms in total. The molecule has 0 N–H and O–H groups in total. The van der Waals surface area contributed by atoms with E-state index in [0.717, 1.165) is 15.9 Å². The van der Waals surface area contributed by atoms with Gasteiger partial charge < -0.3 is 0 Å². The number of aromatic nitrogens is 2. The van der Waals surface area contributed by atoms with Gasteiger partial charge in [0.05, 0.1) is 4.47 Å². The fourth-order valence-electron chi connectivity index (χ4n) is 1.58. The molecule has 0 aliphatic rings. The van der Waals surface area contributed by atoms with E-state index in [2.05, 4.69) is 70.9 Å². The molecule has 1 aromatic heterocycles. The molecule has 17 heavy (non-hydrogen) atoms. The molecule has 2 rings (SSSR count). The minimum atomic E-state index is 0.180. The molecule has 1 heterocycles. The fraction of sp³-hybridized carbons (Fsp3) is 0.286. The predicted octanol–water partition coefficient (Wildman–Crippen LogP) is 4.20. The van der Waals surface area contributed by atoms with Crippen LogP contribution in [0.1, 0.15) is 26.3 Å². The van der Waals surface area contributed by atoms with Crippen molar-refractivity contribution in [3.05, 3.63) is 46.7 Å². The Hall–Kier alpha value is -1.22. The van der Waals surface area contributed by atoms with Gasteiger partial charge in [-0.1, -0.05) is 45.0 Å². The highest BCUT2D eigenvalue weighted by Crippen LogP contribution is 2.24. The monoisotopic (exact) mass is 290 g/mol. The Balaban J connectivity index is 2.33. The van der Waals surface area contributed by atoms with Crippen molar-refractivity contribution in [2.24, 2.45) is 0 Å². The number of rotatable bonds is 1. The van der Waals surface area contributed by atoms with Gasteiger partial charge in [0.1, 0.15) is 0 Å². The molecule has 88 valence electrons. The lowest BCUT2D eigenvalue weighted by Gasteiger charge is -2.18. The van der Waals surface area contributed by atoms with Crippen LogP contribution in [0.3, 0.4) is 0 Å². The molecule has 0 aliphatic carbocycles. The van der Waals surface area contributed by atoms with Crippen LogP contribution in [0.5, 0.6) is 0 Å². The molecule has 0 spiro atoms. The molecule has 1 aromatic carbocycles. The summed E-state index contributed by atoms with van der Waals surface area (Å²) in [6, 6.07) is 8.43. The van der Waals surface area contributed by atoms with Crippen LogP contribution in [0, 0.1) is 0 Å². The fourth-order valence-corrected chi connectivity index (χ4v) is 1.79. The number of halogens is 1. The molecule has 0 radical (unpaired) electrons. The third-order valence-corrected chi connectivity index (χ3v) is 3.04. The standard InChI is InChI=1S/C14H15BrN2/c1-14(2,3)11-6-4-10(5-7-11)13-16-8-12(15)9-17-13/h4-9H,1-3H3. The highest BCUT2D eigenvalue weighted by Gasteiger charge is 2.13. The predicted molar refractivity (Wildman–Crippen MR) is 73.9 cm³/mol. The zero-order valence-electron chi connectivity index (χ0n) is 10.2. The second-order valence-corrected chi connectivity index (χ2v) is 5.97. The second kappa shape index (κ2) is 4.57. The van der Waals surface area contributed by atoms with Gasteiger partial charge in [0.2, 0.25) is 0 Å². The summed E-state index contributed by atoms with van der Waals surface area (Å²) >= 11 is 3.33. The molecule has 0 unspecified atom stereocenters. The van der Waals surface area contributed by atoms with E-state index in [-0.39, 0.29) is 5.41 Å². The Morgan fingerprint density at radius 1 is 0.941 bits per heavy atom. The number of hydrogen-bond acceptors (Lipinski definition) is 2. The van der Waals surface area contributed by atoms with Crippen molar-refractivity contribution >= 4 is 15.9 Å². The topological polar surface area (TPSA) is 25.8 Å². The maximum atomic E-state index is 4.28. The summed E-state index contributed by atoms with van der Waals surface area (Å²) in [7, 11) is 0. The zero-order valence-corrected chi connectivity index (χ0v) is 11.8. The molecule has 2 aromatic rings. The average Bonchev–Trinajstić information content (AvgIpc) is 2.29. The lowest BCUT2D eigenvalue weighted by molar-refractivity contribution is 0.590. The summed E-state index contributed by atoms with van der Waals surface area (Å²) in [5.74, 6) is 0.758. The maximum absolute atomic E-state index is 4.28. The summed E-state index contributed by atoms with van der Waals surface area (Å²) in [5.41, 5.74) is 2.54. The van der Waals surface area contributed by atoms with Crippen LogP contribution in [0.4, 0.5) is 0 Å². The Morgan fingerprint density at radius 2 is 1.47 bits per heavy atom. The van der Waals surface area contributed by atoms with Crippen LogP contribution in [-0.4, -0.2) is 9.97 Å². The van der Waals surface area contributed by atoms with Crippen LogP contribution in [0.25, 0.3) is 11.4 Å². The quantitative estimate of drug-likeness (QED) is 0.786. The summed E-state index contributed by atoms with van der Waals surface area (Å²) in [6.07, 6.45) is 3.53. The van der Waals surface area contributed by atoms with E-state index in [1.54, 1.807) is 12.4 Å². The Bertz CT molecular complexity index is 495. The van der Waals surface area contributed by atoms with Crippen molar-refractivity contribution in [3.8, 4) is 11.4 Å². The number of nitrogens with zero attached hydrogens (tertiary/aromatic N) is 2. The summed E-state index contributed by atoms with van der Waals surface area (Å²) in [5, 5.41) is 0. The first kappa shape index (κ1) is 12.2. The first-order chi connectivity index (χ1) is 7.97. The molecule has 3 heteroatoms. The zero-order chi connectivity index (χ0) is 12.5. The SMILES string of the molecule is CC(C)(C)c1ccc(-c2ncc(Br)cn2)cc1. The molecule has 0 fully saturated rings. The van der Waals surface area contributed by atoms with Crippen molar-refractivity contribution in [2.45, 2.75) is 26.2 Å². The first-order valence-corrected chi connectivity index (χ1v) is 6.34. The van der Waals surface area contributed by atoms with Crippen molar-refractivity contribution in [1.82, 2.24) is 9.97 Å². The Labute approximate surface area is 110 Å². The summed E-state index contributed by atoms with van der Waals surface area (Å²) < 4.78 is 0.896. The van der Waals surface area contributed by atoms with Gasteiger partial charge in [0, 0.05) is 18.0 Å². The van der Waals surface area contributed by atoms with Crippen LogP contribution in [0.15, 0.2) is 41.1 Å².